The highest BCUT2D eigenvalue weighted by Gasteiger charge is 2.25. The highest BCUT2D eigenvalue weighted by Crippen LogP contribution is 2.34. The Morgan fingerprint density at radius 2 is 2.10 bits per heavy atom. The van der Waals surface area contributed by atoms with E-state index < -0.39 is 0 Å². The van der Waals surface area contributed by atoms with E-state index in [0.717, 1.165) is 0 Å². The Balaban J connectivity index is 1.96. The third kappa shape index (κ3) is 2.85. The average Bonchev–Trinajstić information content (AvgIpc) is 2.41. The first-order valence-electron chi connectivity index (χ1n) is 6.30. The van der Waals surface area contributed by atoms with Gasteiger partial charge in [-0.05, 0) is 35.9 Å². The monoisotopic (exact) mass is 350 g/mol. The lowest BCUT2D eigenvalue weighted by atomic mass is 10.1. The fourth-order valence-corrected chi connectivity index (χ4v) is 2.79. The lowest BCUT2D eigenvalue weighted by Gasteiger charge is -2.29. The van der Waals surface area contributed by atoms with Gasteiger partial charge in [0.05, 0.1) is 12.2 Å². The van der Waals surface area contributed by atoms with Gasteiger partial charge in [-0.1, -0.05) is 15.9 Å². The lowest BCUT2D eigenvalue weighted by molar-refractivity contribution is -0.121. The molecule has 0 saturated heterocycles. The van der Waals surface area contributed by atoms with Gasteiger partial charge in [0.2, 0.25) is 0 Å². The Bertz CT molecular complexity index is 701. The number of nitrogens with two attached hydrogens (primary N) is 1. The second-order valence-corrected chi connectivity index (χ2v) is 5.69. The maximum atomic E-state index is 13.5. The van der Waals surface area contributed by atoms with Crippen molar-refractivity contribution in [2.24, 2.45) is 0 Å². The molecule has 0 bridgehead atoms. The highest BCUT2D eigenvalue weighted by molar-refractivity contribution is 9.10. The molecule has 0 spiro atoms. The van der Waals surface area contributed by atoms with Crippen molar-refractivity contribution in [1.82, 2.24) is 0 Å². The number of nitrogens with zero attached hydrogens (tertiary/aromatic N) is 1. The summed E-state index contributed by atoms with van der Waals surface area (Å²) in [6.07, 6.45) is 0. The molecule has 2 aromatic rings. The minimum absolute atomic E-state index is 0.0487. The van der Waals surface area contributed by atoms with Crippen molar-refractivity contribution >= 4 is 33.2 Å². The molecular formula is C15H12BrFN2O2. The average molecular weight is 351 g/mol. The van der Waals surface area contributed by atoms with Crippen molar-refractivity contribution in [1.29, 1.82) is 0 Å². The molecule has 108 valence electrons. The third-order valence-electron chi connectivity index (χ3n) is 3.19. The molecule has 6 heteroatoms. The van der Waals surface area contributed by atoms with Crippen LogP contribution >= 0.6 is 15.9 Å². The topological polar surface area (TPSA) is 55.6 Å². The molecular weight excluding hydrogens is 339 g/mol. The molecule has 0 fully saturated rings. The summed E-state index contributed by atoms with van der Waals surface area (Å²) >= 11 is 3.25. The molecule has 0 aromatic heterocycles. The van der Waals surface area contributed by atoms with Crippen molar-refractivity contribution in [3.05, 3.63) is 52.3 Å². The summed E-state index contributed by atoms with van der Waals surface area (Å²) in [6.45, 7) is 0.225. The van der Waals surface area contributed by atoms with Crippen LogP contribution in [0.15, 0.2) is 40.9 Å². The number of hydrogen-bond donors (Lipinski definition) is 1. The van der Waals surface area contributed by atoms with Crippen molar-refractivity contribution < 1.29 is 13.9 Å². The molecule has 2 aromatic carbocycles. The number of amides is 1. The number of hydrogen-bond acceptors (Lipinski definition) is 3. The van der Waals surface area contributed by atoms with E-state index in [1.165, 1.54) is 12.1 Å². The Labute approximate surface area is 129 Å². The first-order chi connectivity index (χ1) is 10.0. The van der Waals surface area contributed by atoms with E-state index >= 15 is 0 Å². The van der Waals surface area contributed by atoms with E-state index in [2.05, 4.69) is 15.9 Å². The summed E-state index contributed by atoms with van der Waals surface area (Å²) in [5.41, 5.74) is 7.62. The number of fused-ring (bicyclic) bond motifs is 1. The second kappa shape index (κ2) is 5.37. The molecule has 0 unspecified atom stereocenters. The van der Waals surface area contributed by atoms with Crippen LogP contribution in [0.5, 0.6) is 5.75 Å². The van der Waals surface area contributed by atoms with Gasteiger partial charge >= 0.3 is 0 Å². The molecule has 1 heterocycles. The van der Waals surface area contributed by atoms with Crippen molar-refractivity contribution in [2.45, 2.75) is 6.54 Å². The SMILES string of the molecule is Nc1ccc2c(c1)OCC(=O)N2Cc1cc(F)cc(Br)c1. The quantitative estimate of drug-likeness (QED) is 0.846. The Hall–Kier alpha value is -2.08. The number of rotatable bonds is 2. The van der Waals surface area contributed by atoms with Crippen molar-refractivity contribution in [2.75, 3.05) is 17.2 Å². The minimum atomic E-state index is -0.349. The predicted molar refractivity (Wildman–Crippen MR) is 81.6 cm³/mol. The first-order valence-corrected chi connectivity index (χ1v) is 7.10. The summed E-state index contributed by atoms with van der Waals surface area (Å²) in [7, 11) is 0. The van der Waals surface area contributed by atoms with Gasteiger partial charge in [-0.15, -0.1) is 0 Å². The van der Waals surface area contributed by atoms with Gasteiger partial charge in [-0.25, -0.2) is 4.39 Å². The second-order valence-electron chi connectivity index (χ2n) is 4.77. The Morgan fingerprint density at radius 3 is 2.86 bits per heavy atom. The maximum Gasteiger partial charge on any atom is 0.265 e. The summed E-state index contributed by atoms with van der Waals surface area (Å²) in [4.78, 5) is 13.6. The number of anilines is 2. The van der Waals surface area contributed by atoms with Crippen molar-refractivity contribution in [3.8, 4) is 5.75 Å². The maximum absolute atomic E-state index is 13.5. The van der Waals surface area contributed by atoms with E-state index in [-0.39, 0.29) is 24.9 Å². The molecule has 0 aliphatic carbocycles. The summed E-state index contributed by atoms with van der Waals surface area (Å²) in [6, 6.07) is 9.67. The normalized spacial score (nSPS) is 13.8. The minimum Gasteiger partial charge on any atom is -0.481 e. The summed E-state index contributed by atoms with van der Waals surface area (Å²) in [5, 5.41) is 0. The zero-order valence-corrected chi connectivity index (χ0v) is 12.6. The number of benzene rings is 2. The standard InChI is InChI=1S/C15H12BrFN2O2/c16-10-3-9(4-11(17)5-10)7-19-13-2-1-12(18)6-14(13)21-8-15(19)20/h1-6H,7-8,18H2. The number of nitrogen functional groups attached to an aromatic ring is 1. The molecule has 0 atom stereocenters. The first kappa shape index (κ1) is 13.9. The van der Waals surface area contributed by atoms with Crippen LogP contribution in [-0.2, 0) is 11.3 Å². The summed E-state index contributed by atoms with van der Waals surface area (Å²) in [5.74, 6) is 0.0373. The van der Waals surface area contributed by atoms with Gasteiger partial charge in [0.25, 0.3) is 5.91 Å². The largest absolute Gasteiger partial charge is 0.481 e. The van der Waals surface area contributed by atoms with Gasteiger partial charge in [0, 0.05) is 16.2 Å². The smallest absolute Gasteiger partial charge is 0.265 e. The van der Waals surface area contributed by atoms with E-state index in [9.17, 15) is 9.18 Å². The predicted octanol–water partition coefficient (Wildman–Crippen LogP) is 3.10. The fourth-order valence-electron chi connectivity index (χ4n) is 2.28. The molecule has 0 radical (unpaired) electrons. The van der Waals surface area contributed by atoms with Crippen LogP contribution in [0.3, 0.4) is 0 Å². The van der Waals surface area contributed by atoms with Crippen LogP contribution in [0.2, 0.25) is 0 Å². The van der Waals surface area contributed by atoms with E-state index in [4.69, 9.17) is 10.5 Å². The molecule has 0 saturated carbocycles. The zero-order valence-electron chi connectivity index (χ0n) is 11.0. The van der Waals surface area contributed by atoms with E-state index in [0.29, 0.717) is 27.2 Å². The van der Waals surface area contributed by atoms with Gasteiger partial charge in [0.15, 0.2) is 6.61 Å². The van der Waals surface area contributed by atoms with Crippen LogP contribution in [0.1, 0.15) is 5.56 Å². The van der Waals surface area contributed by atoms with Crippen LogP contribution in [-0.4, -0.2) is 12.5 Å². The van der Waals surface area contributed by atoms with E-state index in [1.54, 1.807) is 29.2 Å². The summed E-state index contributed by atoms with van der Waals surface area (Å²) < 4.78 is 19.5. The Morgan fingerprint density at radius 1 is 1.29 bits per heavy atom. The molecule has 3 rings (SSSR count). The lowest BCUT2D eigenvalue weighted by Crippen LogP contribution is -2.38. The molecule has 1 aliphatic rings. The molecule has 1 aliphatic heterocycles. The third-order valence-corrected chi connectivity index (χ3v) is 3.65. The van der Waals surface area contributed by atoms with Crippen LogP contribution in [0.4, 0.5) is 15.8 Å². The Kier molecular flexibility index (Phi) is 3.55. The number of ether oxygens (including phenoxy) is 1. The number of carbonyl (C=O) groups excluding carboxylic acids is 1. The van der Waals surface area contributed by atoms with E-state index in [1.807, 2.05) is 0 Å². The number of halogens is 2. The molecule has 4 nitrogen and oxygen atoms in total. The highest BCUT2D eigenvalue weighted by atomic mass is 79.9. The van der Waals surface area contributed by atoms with Crippen molar-refractivity contribution in [3.63, 3.8) is 0 Å². The molecule has 21 heavy (non-hydrogen) atoms. The molecule has 1 amide bonds. The zero-order chi connectivity index (χ0) is 15.0. The van der Waals surface area contributed by atoms with Gasteiger partial charge in [-0.3, -0.25) is 4.79 Å². The number of carbonyl (C=O) groups is 1. The van der Waals surface area contributed by atoms with Crippen LogP contribution in [0, 0.1) is 5.82 Å². The van der Waals surface area contributed by atoms with Crippen LogP contribution < -0.4 is 15.4 Å². The van der Waals surface area contributed by atoms with Gasteiger partial charge < -0.3 is 15.4 Å². The van der Waals surface area contributed by atoms with Gasteiger partial charge in [0.1, 0.15) is 11.6 Å². The fraction of sp³-hybridized carbons (Fsp3) is 0.133. The molecule has 2 N–H and O–H groups in total. The van der Waals surface area contributed by atoms with Gasteiger partial charge in [-0.2, -0.15) is 0 Å². The van der Waals surface area contributed by atoms with Crippen LogP contribution in [0.25, 0.3) is 0 Å².